The second-order valence-corrected chi connectivity index (χ2v) is 7.15. The van der Waals surface area contributed by atoms with Crippen molar-refractivity contribution >= 4 is 5.52 Å². The van der Waals surface area contributed by atoms with E-state index in [2.05, 4.69) is 5.32 Å². The molecule has 4 aromatic rings. The molecule has 140 valence electrons. The highest BCUT2D eigenvalue weighted by atomic mass is 16.1. The monoisotopic (exact) mass is 371 g/mol. The summed E-state index contributed by atoms with van der Waals surface area (Å²) in [6, 6.07) is 19.8. The Kier molecular flexibility index (Phi) is 4.25. The molecule has 1 aliphatic heterocycles. The van der Waals surface area contributed by atoms with Crippen LogP contribution in [0.5, 0.6) is 0 Å². The van der Waals surface area contributed by atoms with Gasteiger partial charge >= 0.3 is 0 Å². The van der Waals surface area contributed by atoms with Crippen LogP contribution in [-0.2, 0) is 6.54 Å². The average molecular weight is 371 g/mol. The predicted molar refractivity (Wildman–Crippen MR) is 109 cm³/mol. The van der Waals surface area contributed by atoms with E-state index in [0.717, 1.165) is 47.4 Å². The lowest BCUT2D eigenvalue weighted by atomic mass is 10.0. The number of fused-ring (bicyclic) bond motifs is 1. The molecular weight excluding hydrogens is 350 g/mol. The summed E-state index contributed by atoms with van der Waals surface area (Å²) >= 11 is 0. The molecule has 3 aromatic heterocycles. The third kappa shape index (κ3) is 3.01. The number of pyridine rings is 1. The van der Waals surface area contributed by atoms with E-state index in [1.54, 1.807) is 16.8 Å². The van der Waals surface area contributed by atoms with Crippen molar-refractivity contribution in [3.8, 4) is 22.5 Å². The van der Waals surface area contributed by atoms with Gasteiger partial charge in [0.25, 0.3) is 5.56 Å². The molecule has 6 heteroatoms. The van der Waals surface area contributed by atoms with Gasteiger partial charge in [0, 0.05) is 23.9 Å². The molecule has 1 N–H and O–H groups in total. The first-order valence-electron chi connectivity index (χ1n) is 9.64. The maximum absolute atomic E-state index is 12.4. The number of hydrogen-bond acceptors (Lipinski definition) is 4. The number of nitrogens with zero attached hydrogens (tertiary/aromatic N) is 4. The summed E-state index contributed by atoms with van der Waals surface area (Å²) in [6.07, 6.45) is 4.15. The predicted octanol–water partition coefficient (Wildman–Crippen LogP) is 2.98. The molecule has 4 heterocycles. The van der Waals surface area contributed by atoms with Crippen LogP contribution in [0.2, 0.25) is 0 Å². The maximum atomic E-state index is 12.4. The van der Waals surface area contributed by atoms with Gasteiger partial charge in [0.15, 0.2) is 0 Å². The largest absolute Gasteiger partial charge is 0.312 e. The molecule has 0 aliphatic carbocycles. The second kappa shape index (κ2) is 7.05. The number of hydrogen-bond donors (Lipinski definition) is 1. The van der Waals surface area contributed by atoms with E-state index >= 15 is 0 Å². The van der Waals surface area contributed by atoms with Gasteiger partial charge in [-0.2, -0.15) is 10.2 Å². The molecule has 0 spiro atoms. The topological polar surface area (TPSA) is 64.2 Å². The number of aromatic nitrogens is 4. The van der Waals surface area contributed by atoms with Crippen molar-refractivity contribution in [1.82, 2.24) is 24.7 Å². The molecule has 1 aromatic carbocycles. The van der Waals surface area contributed by atoms with Crippen molar-refractivity contribution in [2.24, 2.45) is 0 Å². The zero-order chi connectivity index (χ0) is 18.9. The average Bonchev–Trinajstić information content (AvgIpc) is 3.38. The number of benzene rings is 1. The smallest absolute Gasteiger partial charge is 0.266 e. The van der Waals surface area contributed by atoms with E-state index in [-0.39, 0.29) is 5.56 Å². The maximum Gasteiger partial charge on any atom is 0.266 e. The van der Waals surface area contributed by atoms with Crippen LogP contribution in [0.3, 0.4) is 0 Å². The first-order valence-corrected chi connectivity index (χ1v) is 9.64. The van der Waals surface area contributed by atoms with Crippen LogP contribution in [0.1, 0.15) is 12.8 Å². The zero-order valence-electron chi connectivity index (χ0n) is 15.5. The molecule has 1 atom stereocenters. The van der Waals surface area contributed by atoms with Gasteiger partial charge in [-0.15, -0.1) is 0 Å². The first kappa shape index (κ1) is 16.9. The lowest BCUT2D eigenvalue weighted by molar-refractivity contribution is 0.461. The van der Waals surface area contributed by atoms with Gasteiger partial charge in [-0.25, -0.2) is 9.20 Å². The Labute approximate surface area is 162 Å². The van der Waals surface area contributed by atoms with Crippen molar-refractivity contribution in [1.29, 1.82) is 0 Å². The summed E-state index contributed by atoms with van der Waals surface area (Å²) in [5, 5.41) is 13.0. The quantitative estimate of drug-likeness (QED) is 0.599. The SMILES string of the molecule is O=c1ccc(-c2c(-c3ccccc3)nn3ccccc23)nn1C[C@@H]1CCCN1. The molecule has 0 unspecified atom stereocenters. The second-order valence-electron chi connectivity index (χ2n) is 7.15. The Bertz CT molecular complexity index is 1170. The summed E-state index contributed by atoms with van der Waals surface area (Å²) in [4.78, 5) is 12.4. The molecule has 1 aliphatic rings. The van der Waals surface area contributed by atoms with Crippen molar-refractivity contribution in [3.63, 3.8) is 0 Å². The zero-order valence-corrected chi connectivity index (χ0v) is 15.5. The van der Waals surface area contributed by atoms with Crippen LogP contribution in [0.25, 0.3) is 28.0 Å². The van der Waals surface area contributed by atoms with Gasteiger partial charge in [-0.3, -0.25) is 4.79 Å². The lowest BCUT2D eigenvalue weighted by Crippen LogP contribution is -2.33. The van der Waals surface area contributed by atoms with Gasteiger partial charge in [0.2, 0.25) is 0 Å². The molecule has 6 nitrogen and oxygen atoms in total. The van der Waals surface area contributed by atoms with E-state index in [9.17, 15) is 4.79 Å². The molecule has 0 radical (unpaired) electrons. The van der Waals surface area contributed by atoms with Crippen molar-refractivity contribution in [2.45, 2.75) is 25.4 Å². The van der Waals surface area contributed by atoms with Crippen LogP contribution < -0.4 is 10.9 Å². The lowest BCUT2D eigenvalue weighted by Gasteiger charge is -2.12. The highest BCUT2D eigenvalue weighted by Crippen LogP contribution is 2.33. The minimum absolute atomic E-state index is 0.0739. The Morgan fingerprint density at radius 1 is 1.00 bits per heavy atom. The van der Waals surface area contributed by atoms with Crippen LogP contribution in [0, 0.1) is 0 Å². The Balaban J connectivity index is 1.67. The first-order chi connectivity index (χ1) is 13.8. The fraction of sp³-hybridized carbons (Fsp3) is 0.227. The molecule has 0 bridgehead atoms. The summed E-state index contributed by atoms with van der Waals surface area (Å²) in [5.41, 5.74) is 4.49. The summed E-state index contributed by atoms with van der Waals surface area (Å²) in [5.74, 6) is 0. The van der Waals surface area contributed by atoms with Crippen LogP contribution in [0.4, 0.5) is 0 Å². The van der Waals surface area contributed by atoms with E-state index in [1.807, 2.05) is 59.2 Å². The Morgan fingerprint density at radius 3 is 2.68 bits per heavy atom. The van der Waals surface area contributed by atoms with Gasteiger partial charge in [-0.05, 0) is 37.6 Å². The number of nitrogens with one attached hydrogen (secondary N) is 1. The standard InChI is InChI=1S/C22H21N5O/c28-20-12-11-18(24-27(20)15-17-9-6-13-23-17)21-19-10-4-5-14-26(19)25-22(21)16-7-2-1-3-8-16/h1-5,7-8,10-12,14,17,23H,6,9,13,15H2/t17-/m0/s1. The van der Waals surface area contributed by atoms with Crippen LogP contribution in [-0.4, -0.2) is 32.0 Å². The van der Waals surface area contributed by atoms with Crippen LogP contribution >= 0.6 is 0 Å². The van der Waals surface area contributed by atoms with E-state index in [4.69, 9.17) is 10.2 Å². The van der Waals surface area contributed by atoms with Crippen molar-refractivity contribution < 1.29 is 0 Å². The minimum atomic E-state index is -0.0739. The van der Waals surface area contributed by atoms with Gasteiger partial charge in [-0.1, -0.05) is 36.4 Å². The summed E-state index contributed by atoms with van der Waals surface area (Å²) in [6.45, 7) is 1.60. The van der Waals surface area contributed by atoms with E-state index in [0.29, 0.717) is 12.6 Å². The molecule has 1 saturated heterocycles. The highest BCUT2D eigenvalue weighted by molar-refractivity contribution is 5.90. The van der Waals surface area contributed by atoms with Gasteiger partial charge in [0.1, 0.15) is 5.69 Å². The molecule has 5 rings (SSSR count). The minimum Gasteiger partial charge on any atom is -0.312 e. The fourth-order valence-electron chi connectivity index (χ4n) is 3.88. The molecule has 28 heavy (non-hydrogen) atoms. The molecule has 1 fully saturated rings. The highest BCUT2D eigenvalue weighted by Gasteiger charge is 2.20. The third-order valence-electron chi connectivity index (χ3n) is 5.27. The number of rotatable bonds is 4. The molecular formula is C22H21N5O. The van der Waals surface area contributed by atoms with E-state index < -0.39 is 0 Å². The fourth-order valence-corrected chi connectivity index (χ4v) is 3.88. The van der Waals surface area contributed by atoms with Crippen molar-refractivity contribution in [3.05, 3.63) is 77.2 Å². The van der Waals surface area contributed by atoms with Crippen LogP contribution in [0.15, 0.2) is 71.7 Å². The third-order valence-corrected chi connectivity index (χ3v) is 5.27. The van der Waals surface area contributed by atoms with Crippen molar-refractivity contribution in [2.75, 3.05) is 6.54 Å². The summed E-state index contributed by atoms with van der Waals surface area (Å²) in [7, 11) is 0. The Morgan fingerprint density at radius 2 is 1.86 bits per heavy atom. The van der Waals surface area contributed by atoms with Gasteiger partial charge in [0.05, 0.1) is 23.3 Å². The normalized spacial score (nSPS) is 16.6. The summed E-state index contributed by atoms with van der Waals surface area (Å²) < 4.78 is 3.45. The molecule has 0 amide bonds. The van der Waals surface area contributed by atoms with E-state index in [1.165, 1.54) is 0 Å². The Hall–Kier alpha value is -3.25. The molecule has 0 saturated carbocycles. The van der Waals surface area contributed by atoms with Gasteiger partial charge < -0.3 is 5.32 Å².